The van der Waals surface area contributed by atoms with Crippen molar-refractivity contribution in [2.45, 2.75) is 89.3 Å². The van der Waals surface area contributed by atoms with Gasteiger partial charge in [0.25, 0.3) is 0 Å². The average Bonchev–Trinajstić information content (AvgIpc) is 3.07. The van der Waals surface area contributed by atoms with Gasteiger partial charge in [0, 0.05) is 16.7 Å². The molecule has 5 rings (SSSR count). The maximum atomic E-state index is 12.5. The topological polar surface area (TPSA) is 113 Å². The third-order valence-corrected chi connectivity index (χ3v) is 10.6. The first-order chi connectivity index (χ1) is 15.8. The van der Waals surface area contributed by atoms with E-state index in [-0.39, 0.29) is 17.3 Å². The number of esters is 1. The number of rotatable bonds is 4. The SMILES string of the molecule is COC(=O)[C@H](O)[C@H]1C(C)(C)[C@H](O)C=C[C@]1(C)[C@H]1CC[C@@]2(C)[C@H](c3ccoc3)C[C@@H](O)[C@]23O[C@]13C. The molecule has 7 nitrogen and oxygen atoms in total. The fourth-order valence-electron chi connectivity index (χ4n) is 8.94. The number of furan rings is 1. The summed E-state index contributed by atoms with van der Waals surface area (Å²) in [6.07, 6.45) is 6.56. The van der Waals surface area contributed by atoms with Crippen LogP contribution in [-0.2, 0) is 14.3 Å². The number of methoxy groups -OCH3 is 1. The molecule has 34 heavy (non-hydrogen) atoms. The highest BCUT2D eigenvalue weighted by molar-refractivity contribution is 5.75. The van der Waals surface area contributed by atoms with Crippen LogP contribution in [0.15, 0.2) is 35.2 Å². The normalized spacial score (nSPS) is 49.7. The van der Waals surface area contributed by atoms with Gasteiger partial charge in [-0.05, 0) is 55.1 Å². The molecule has 188 valence electrons. The van der Waals surface area contributed by atoms with Crippen LogP contribution < -0.4 is 0 Å². The molecule has 1 aliphatic heterocycles. The van der Waals surface area contributed by atoms with Gasteiger partial charge in [-0.25, -0.2) is 4.79 Å². The molecule has 1 spiro atoms. The summed E-state index contributed by atoms with van der Waals surface area (Å²) in [5.41, 5.74) is -2.03. The Kier molecular flexibility index (Phi) is 5.08. The Morgan fingerprint density at radius 2 is 1.91 bits per heavy atom. The minimum Gasteiger partial charge on any atom is -0.472 e. The van der Waals surface area contributed by atoms with Crippen LogP contribution in [0.25, 0.3) is 0 Å². The van der Waals surface area contributed by atoms with Crippen molar-refractivity contribution in [2.75, 3.05) is 7.11 Å². The number of allylic oxidation sites excluding steroid dienone is 1. The van der Waals surface area contributed by atoms with Gasteiger partial charge in [0.05, 0.1) is 31.8 Å². The van der Waals surface area contributed by atoms with Crippen molar-refractivity contribution in [2.24, 2.45) is 28.1 Å². The second-order valence-electron chi connectivity index (χ2n) is 12.3. The molecule has 2 heterocycles. The lowest BCUT2D eigenvalue weighted by atomic mass is 9.46. The number of carbonyl (C=O) groups excluding carboxylic acids is 1. The molecule has 0 aromatic carbocycles. The van der Waals surface area contributed by atoms with Gasteiger partial charge in [0.15, 0.2) is 6.10 Å². The van der Waals surface area contributed by atoms with Crippen LogP contribution in [0.5, 0.6) is 0 Å². The summed E-state index contributed by atoms with van der Waals surface area (Å²) in [6, 6.07) is 1.98. The minimum atomic E-state index is -1.40. The van der Waals surface area contributed by atoms with Crippen LogP contribution in [0, 0.1) is 28.1 Å². The molecule has 1 aromatic rings. The highest BCUT2D eigenvalue weighted by atomic mass is 16.6. The first kappa shape index (κ1) is 24.0. The second-order valence-corrected chi connectivity index (χ2v) is 12.3. The Labute approximate surface area is 201 Å². The van der Waals surface area contributed by atoms with Crippen molar-refractivity contribution in [3.8, 4) is 0 Å². The van der Waals surface area contributed by atoms with Crippen LogP contribution in [0.3, 0.4) is 0 Å². The summed E-state index contributed by atoms with van der Waals surface area (Å²) in [5.74, 6) is -1.28. The Morgan fingerprint density at radius 1 is 1.21 bits per heavy atom. The smallest absolute Gasteiger partial charge is 0.335 e. The summed E-state index contributed by atoms with van der Waals surface area (Å²) in [6.45, 7) is 10.1. The standard InChI is InChI=1S/C27H38O7/c1-23(2)18(28)8-10-24(3,21(23)20(30)22(31)32-6)17-7-11-25(4)16(15-9-12-33-14-15)13-19(29)27(25)26(17,5)34-27/h8-10,12,14,16-21,28-30H,7,11,13H2,1-6H3/t16-,17+,18+,19+,20+,21-,24+,25-,26+,27-/m0/s1. The zero-order valence-corrected chi connectivity index (χ0v) is 20.9. The van der Waals surface area contributed by atoms with Crippen molar-refractivity contribution in [1.29, 1.82) is 0 Å². The third kappa shape index (κ3) is 2.64. The summed E-state index contributed by atoms with van der Waals surface area (Å²) in [5, 5.41) is 33.4. The molecule has 3 fully saturated rings. The van der Waals surface area contributed by atoms with Crippen molar-refractivity contribution < 1.29 is 34.0 Å². The van der Waals surface area contributed by atoms with Gasteiger partial charge in [-0.1, -0.05) is 39.8 Å². The van der Waals surface area contributed by atoms with Gasteiger partial charge >= 0.3 is 5.97 Å². The van der Waals surface area contributed by atoms with E-state index in [1.165, 1.54) is 7.11 Å². The van der Waals surface area contributed by atoms with E-state index < -0.39 is 52.2 Å². The molecular weight excluding hydrogens is 436 g/mol. The molecule has 2 saturated carbocycles. The molecule has 1 aromatic heterocycles. The van der Waals surface area contributed by atoms with Crippen molar-refractivity contribution in [1.82, 2.24) is 0 Å². The maximum Gasteiger partial charge on any atom is 0.335 e. The second kappa shape index (κ2) is 7.19. The number of aliphatic hydroxyl groups excluding tert-OH is 3. The van der Waals surface area contributed by atoms with Gasteiger partial charge in [-0.2, -0.15) is 0 Å². The fourth-order valence-corrected chi connectivity index (χ4v) is 8.94. The molecule has 7 heteroatoms. The number of hydrogen-bond acceptors (Lipinski definition) is 7. The largest absolute Gasteiger partial charge is 0.472 e. The number of carbonyl (C=O) groups is 1. The van der Waals surface area contributed by atoms with E-state index >= 15 is 0 Å². The molecule has 1 saturated heterocycles. The Hall–Kier alpha value is -1.67. The summed E-state index contributed by atoms with van der Waals surface area (Å²) in [4.78, 5) is 12.5. The lowest BCUT2D eigenvalue weighted by Crippen LogP contribution is -2.61. The van der Waals surface area contributed by atoms with E-state index in [2.05, 4.69) is 20.8 Å². The van der Waals surface area contributed by atoms with E-state index in [0.717, 1.165) is 18.4 Å². The molecule has 0 amide bonds. The van der Waals surface area contributed by atoms with Gasteiger partial charge in [-0.3, -0.25) is 0 Å². The number of aliphatic hydroxyl groups is 3. The van der Waals surface area contributed by atoms with Crippen molar-refractivity contribution >= 4 is 5.97 Å². The van der Waals surface area contributed by atoms with Gasteiger partial charge < -0.3 is 29.2 Å². The summed E-state index contributed by atoms with van der Waals surface area (Å²) >= 11 is 0. The molecule has 3 N–H and O–H groups in total. The zero-order chi connectivity index (χ0) is 24.9. The van der Waals surface area contributed by atoms with Crippen LogP contribution in [-0.4, -0.2) is 57.9 Å². The van der Waals surface area contributed by atoms with E-state index in [1.807, 2.05) is 26.0 Å². The molecule has 0 unspecified atom stereocenters. The van der Waals surface area contributed by atoms with Crippen LogP contribution in [0.2, 0.25) is 0 Å². The molecule has 0 bridgehead atoms. The summed E-state index contributed by atoms with van der Waals surface area (Å²) < 4.78 is 17.0. The van der Waals surface area contributed by atoms with Crippen LogP contribution in [0.1, 0.15) is 65.4 Å². The Balaban J connectivity index is 1.58. The summed E-state index contributed by atoms with van der Waals surface area (Å²) in [7, 11) is 1.27. The quantitative estimate of drug-likeness (QED) is 0.349. The molecular formula is C27H38O7. The third-order valence-electron chi connectivity index (χ3n) is 10.6. The predicted molar refractivity (Wildman–Crippen MR) is 124 cm³/mol. The first-order valence-corrected chi connectivity index (χ1v) is 12.3. The Morgan fingerprint density at radius 3 is 2.53 bits per heavy atom. The van der Waals surface area contributed by atoms with E-state index in [9.17, 15) is 20.1 Å². The van der Waals surface area contributed by atoms with Crippen molar-refractivity contribution in [3.05, 3.63) is 36.3 Å². The lowest BCUT2D eigenvalue weighted by Gasteiger charge is -2.57. The molecule has 3 aliphatic carbocycles. The van der Waals surface area contributed by atoms with Gasteiger partial charge in [0.2, 0.25) is 0 Å². The number of epoxide rings is 1. The minimum absolute atomic E-state index is 0.0850. The van der Waals surface area contributed by atoms with Gasteiger partial charge in [-0.15, -0.1) is 0 Å². The van der Waals surface area contributed by atoms with E-state index in [4.69, 9.17) is 13.9 Å². The zero-order valence-electron chi connectivity index (χ0n) is 20.9. The fraction of sp³-hybridized carbons (Fsp3) is 0.741. The highest BCUT2D eigenvalue weighted by Gasteiger charge is 2.87. The maximum absolute atomic E-state index is 12.5. The van der Waals surface area contributed by atoms with Crippen molar-refractivity contribution in [3.63, 3.8) is 0 Å². The Bertz CT molecular complexity index is 1000. The average molecular weight is 475 g/mol. The lowest BCUT2D eigenvalue weighted by molar-refractivity contribution is -0.170. The molecule has 10 atom stereocenters. The van der Waals surface area contributed by atoms with Gasteiger partial charge in [0.1, 0.15) is 11.2 Å². The van der Waals surface area contributed by atoms with E-state index in [1.54, 1.807) is 18.6 Å². The number of hydrogen-bond donors (Lipinski definition) is 3. The van der Waals surface area contributed by atoms with Crippen LogP contribution >= 0.6 is 0 Å². The van der Waals surface area contributed by atoms with Crippen LogP contribution in [0.4, 0.5) is 0 Å². The molecule has 0 radical (unpaired) electrons. The predicted octanol–water partition coefficient (Wildman–Crippen LogP) is 3.19. The first-order valence-electron chi connectivity index (χ1n) is 12.3. The van der Waals surface area contributed by atoms with E-state index in [0.29, 0.717) is 6.42 Å². The monoisotopic (exact) mass is 474 g/mol. The molecule has 4 aliphatic rings. The number of ether oxygens (including phenoxy) is 2. The highest BCUT2D eigenvalue weighted by Crippen LogP contribution is 2.79.